The van der Waals surface area contributed by atoms with Crippen LogP contribution in [0.15, 0.2) is 18.2 Å². The molecule has 1 aromatic rings. The zero-order valence-electron chi connectivity index (χ0n) is 11.7. The molecule has 0 atom stereocenters. The highest BCUT2D eigenvalue weighted by Gasteiger charge is 2.53. The van der Waals surface area contributed by atoms with Crippen LogP contribution in [0.4, 0.5) is 24.5 Å². The summed E-state index contributed by atoms with van der Waals surface area (Å²) in [6, 6.07) is 4.49. The van der Waals surface area contributed by atoms with Gasteiger partial charge >= 0.3 is 6.18 Å². The van der Waals surface area contributed by atoms with Gasteiger partial charge in [-0.25, -0.2) is 4.85 Å². The van der Waals surface area contributed by atoms with Gasteiger partial charge in [-0.3, -0.25) is 4.79 Å². The van der Waals surface area contributed by atoms with Gasteiger partial charge in [-0.2, -0.15) is 13.2 Å². The number of piperidine rings is 1. The first kappa shape index (κ1) is 14.9. The minimum atomic E-state index is -4.45. The Labute approximate surface area is 125 Å². The van der Waals surface area contributed by atoms with Crippen molar-refractivity contribution in [2.75, 3.05) is 24.5 Å². The molecule has 2 aliphatic rings. The second-order valence-electron chi connectivity index (χ2n) is 5.65. The molecule has 1 aromatic carbocycles. The summed E-state index contributed by atoms with van der Waals surface area (Å²) in [6.07, 6.45) is -3.55. The average molecular weight is 309 g/mol. The minimum Gasteiger partial charge on any atom is -0.317 e. The first-order chi connectivity index (χ1) is 10.4. The van der Waals surface area contributed by atoms with Crippen LogP contribution in [0.25, 0.3) is 4.85 Å². The van der Waals surface area contributed by atoms with Crippen molar-refractivity contribution in [2.24, 2.45) is 0 Å². The Hall–Kier alpha value is -2.07. The van der Waals surface area contributed by atoms with E-state index in [4.69, 9.17) is 6.57 Å². The molecule has 0 unspecified atom stereocenters. The molecule has 3 rings (SSSR count). The third-order valence-electron chi connectivity index (χ3n) is 4.36. The van der Waals surface area contributed by atoms with Crippen molar-refractivity contribution >= 4 is 17.3 Å². The number of amides is 1. The van der Waals surface area contributed by atoms with Gasteiger partial charge in [0.2, 0.25) is 5.91 Å². The van der Waals surface area contributed by atoms with Crippen molar-refractivity contribution in [1.29, 1.82) is 0 Å². The van der Waals surface area contributed by atoms with Gasteiger partial charge in [0.15, 0.2) is 5.69 Å². The number of rotatable bonds is 1. The molecule has 0 aromatic heterocycles. The Morgan fingerprint density at radius 3 is 2.59 bits per heavy atom. The number of halogens is 3. The molecular weight excluding hydrogens is 295 g/mol. The zero-order valence-corrected chi connectivity index (χ0v) is 11.7. The Morgan fingerprint density at radius 1 is 1.32 bits per heavy atom. The monoisotopic (exact) mass is 309 g/mol. The lowest BCUT2D eigenvalue weighted by molar-refractivity contribution is -0.135. The van der Waals surface area contributed by atoms with Crippen molar-refractivity contribution < 1.29 is 18.0 Å². The van der Waals surface area contributed by atoms with E-state index >= 15 is 0 Å². The van der Waals surface area contributed by atoms with Gasteiger partial charge in [0.05, 0.1) is 12.0 Å². The predicted octanol–water partition coefficient (Wildman–Crippen LogP) is 2.77. The maximum atomic E-state index is 12.8. The first-order valence-electron chi connectivity index (χ1n) is 6.99. The molecule has 7 heteroatoms. The van der Waals surface area contributed by atoms with Crippen LogP contribution >= 0.6 is 0 Å². The number of alkyl halides is 3. The fourth-order valence-corrected chi connectivity index (χ4v) is 3.37. The molecule has 0 bridgehead atoms. The summed E-state index contributed by atoms with van der Waals surface area (Å²) in [5.41, 5.74) is 0.277. The topological polar surface area (TPSA) is 36.7 Å². The van der Waals surface area contributed by atoms with E-state index in [1.165, 1.54) is 12.1 Å². The summed E-state index contributed by atoms with van der Waals surface area (Å²) < 4.78 is 38.5. The normalized spacial score (nSPS) is 20.1. The predicted molar refractivity (Wildman–Crippen MR) is 74.9 cm³/mol. The number of hydrogen-bond donors (Lipinski definition) is 1. The molecule has 0 saturated carbocycles. The number of anilines is 1. The molecule has 1 amide bonds. The summed E-state index contributed by atoms with van der Waals surface area (Å²) in [6.45, 7) is 6.95. The lowest BCUT2D eigenvalue weighted by Crippen LogP contribution is -2.49. The number of nitrogens with one attached hydrogen (secondary N) is 1. The van der Waals surface area contributed by atoms with E-state index in [-0.39, 0.29) is 5.69 Å². The van der Waals surface area contributed by atoms with E-state index in [0.717, 1.165) is 4.90 Å². The van der Waals surface area contributed by atoms with E-state index in [1.807, 2.05) is 0 Å². The largest absolute Gasteiger partial charge is 0.406 e. The molecule has 1 saturated heterocycles. The SMILES string of the molecule is [C-]#[N+]c1ccc2c(c1)C1(CCNCC1)C(=O)N2CC(F)(F)F. The highest BCUT2D eigenvalue weighted by molar-refractivity contribution is 6.08. The highest BCUT2D eigenvalue weighted by atomic mass is 19.4. The van der Waals surface area contributed by atoms with Crippen molar-refractivity contribution in [3.05, 3.63) is 35.2 Å². The van der Waals surface area contributed by atoms with Gasteiger partial charge in [-0.1, -0.05) is 12.1 Å². The maximum absolute atomic E-state index is 12.8. The van der Waals surface area contributed by atoms with E-state index < -0.39 is 24.0 Å². The molecule has 22 heavy (non-hydrogen) atoms. The molecule has 1 spiro atoms. The summed E-state index contributed by atoms with van der Waals surface area (Å²) in [7, 11) is 0. The molecule has 0 radical (unpaired) electrons. The van der Waals surface area contributed by atoms with Gasteiger partial charge < -0.3 is 10.2 Å². The number of benzene rings is 1. The Kier molecular flexibility index (Phi) is 3.37. The second kappa shape index (κ2) is 4.99. The third kappa shape index (κ3) is 2.24. The van der Waals surface area contributed by atoms with Crippen LogP contribution in [-0.2, 0) is 10.2 Å². The van der Waals surface area contributed by atoms with Gasteiger partial charge in [-0.05, 0) is 37.6 Å². The molecule has 1 N–H and O–H groups in total. The first-order valence-corrected chi connectivity index (χ1v) is 6.99. The van der Waals surface area contributed by atoms with Crippen LogP contribution in [0.3, 0.4) is 0 Å². The van der Waals surface area contributed by atoms with Gasteiger partial charge in [0.25, 0.3) is 0 Å². The van der Waals surface area contributed by atoms with Crippen LogP contribution in [0.2, 0.25) is 0 Å². The number of nitrogens with zero attached hydrogens (tertiary/aromatic N) is 2. The number of hydrogen-bond acceptors (Lipinski definition) is 2. The fourth-order valence-electron chi connectivity index (χ4n) is 3.37. The molecule has 2 aliphatic heterocycles. The van der Waals surface area contributed by atoms with Gasteiger partial charge in [0, 0.05) is 5.69 Å². The molecular formula is C15H14F3N3O. The van der Waals surface area contributed by atoms with Gasteiger partial charge in [-0.15, -0.1) is 0 Å². The van der Waals surface area contributed by atoms with Crippen LogP contribution < -0.4 is 10.2 Å². The van der Waals surface area contributed by atoms with Crippen LogP contribution in [0.1, 0.15) is 18.4 Å². The van der Waals surface area contributed by atoms with E-state index in [2.05, 4.69) is 10.2 Å². The van der Waals surface area contributed by atoms with Crippen LogP contribution in [0.5, 0.6) is 0 Å². The second-order valence-corrected chi connectivity index (χ2v) is 5.65. The summed E-state index contributed by atoms with van der Waals surface area (Å²) in [5.74, 6) is -0.497. The third-order valence-corrected chi connectivity index (χ3v) is 4.36. The zero-order chi connectivity index (χ0) is 16.0. The average Bonchev–Trinajstić information content (AvgIpc) is 2.69. The molecule has 1 fully saturated rings. The van der Waals surface area contributed by atoms with Crippen molar-refractivity contribution in [2.45, 2.75) is 24.4 Å². The quantitative estimate of drug-likeness (QED) is 0.810. The van der Waals surface area contributed by atoms with Gasteiger partial charge in [0.1, 0.15) is 6.54 Å². The molecule has 2 heterocycles. The van der Waals surface area contributed by atoms with Crippen molar-refractivity contribution in [1.82, 2.24) is 5.32 Å². The smallest absolute Gasteiger partial charge is 0.317 e. The summed E-state index contributed by atoms with van der Waals surface area (Å²) in [4.78, 5) is 16.9. The van der Waals surface area contributed by atoms with Crippen molar-refractivity contribution in [3.8, 4) is 0 Å². The Balaban J connectivity index is 2.12. The van der Waals surface area contributed by atoms with Crippen LogP contribution in [0, 0.1) is 6.57 Å². The Bertz CT molecular complexity index is 657. The summed E-state index contributed by atoms with van der Waals surface area (Å²) >= 11 is 0. The van der Waals surface area contributed by atoms with E-state index in [0.29, 0.717) is 37.2 Å². The standard InChI is InChI=1S/C15H14F3N3O/c1-19-10-2-3-12-11(8-10)14(4-6-20-7-5-14)13(22)21(12)9-15(16,17)18/h2-3,8,20H,4-7,9H2. The fraction of sp³-hybridized carbons (Fsp3) is 0.467. The molecule has 0 aliphatic carbocycles. The Morgan fingerprint density at radius 2 is 2.00 bits per heavy atom. The van der Waals surface area contributed by atoms with E-state index in [1.54, 1.807) is 6.07 Å². The number of fused-ring (bicyclic) bond motifs is 2. The molecule has 116 valence electrons. The number of carbonyl (C=O) groups is 1. The number of carbonyl (C=O) groups excluding carboxylic acids is 1. The highest BCUT2D eigenvalue weighted by Crippen LogP contribution is 2.48. The minimum absolute atomic E-state index is 0.289. The molecule has 4 nitrogen and oxygen atoms in total. The lowest BCUT2D eigenvalue weighted by atomic mass is 9.74. The van der Waals surface area contributed by atoms with Crippen molar-refractivity contribution in [3.63, 3.8) is 0 Å². The maximum Gasteiger partial charge on any atom is 0.406 e. The lowest BCUT2D eigenvalue weighted by Gasteiger charge is -2.33. The van der Waals surface area contributed by atoms with E-state index in [9.17, 15) is 18.0 Å². The van der Waals surface area contributed by atoms with Crippen LogP contribution in [-0.4, -0.2) is 31.7 Å². The summed E-state index contributed by atoms with van der Waals surface area (Å²) in [5, 5.41) is 3.13.